The Morgan fingerprint density at radius 1 is 0.837 bits per heavy atom. The number of anilines is 1. The van der Waals surface area contributed by atoms with Crippen molar-refractivity contribution >= 4 is 33.0 Å². The summed E-state index contributed by atoms with van der Waals surface area (Å²) in [5.41, 5.74) is 3.56. The predicted octanol–water partition coefficient (Wildman–Crippen LogP) is 3.49. The van der Waals surface area contributed by atoms with Gasteiger partial charge in [0.25, 0.3) is 5.91 Å². The molecule has 43 heavy (non-hydrogen) atoms. The molecule has 1 atom stereocenters. The molecule has 224 valence electrons. The van der Waals surface area contributed by atoms with Gasteiger partial charge in [-0.2, -0.15) is 0 Å². The van der Waals surface area contributed by atoms with E-state index in [2.05, 4.69) is 45.2 Å². The molecule has 1 amide bonds. The Balaban J connectivity index is 1.05. The van der Waals surface area contributed by atoms with Crippen LogP contribution in [0.15, 0.2) is 66.0 Å². The number of hydrogen-bond acceptors (Lipinski definition) is 5. The summed E-state index contributed by atoms with van der Waals surface area (Å²) < 4.78 is 28.4. The van der Waals surface area contributed by atoms with Crippen LogP contribution in [0.2, 0.25) is 0 Å². The molecule has 9 heteroatoms. The molecule has 4 aromatic rings. The SMILES string of the molecule is O=C(c1ccc(O[C@H]2CC[NH2+]C2)c(-c2ccc3ccsc3c2)c1)N1CCC(Oc2cc(F)cc(N3CC[NH2+]CC3)c2)CC1. The van der Waals surface area contributed by atoms with Crippen molar-refractivity contribution in [1.82, 2.24) is 4.90 Å². The summed E-state index contributed by atoms with van der Waals surface area (Å²) in [6.45, 7) is 7.06. The molecule has 0 saturated carbocycles. The zero-order chi connectivity index (χ0) is 29.2. The second kappa shape index (κ2) is 12.5. The van der Waals surface area contributed by atoms with Gasteiger partial charge in [0, 0.05) is 66.0 Å². The summed E-state index contributed by atoms with van der Waals surface area (Å²) in [5.74, 6) is 1.14. The van der Waals surface area contributed by atoms with Crippen molar-refractivity contribution in [3.05, 3.63) is 77.4 Å². The fraction of sp³-hybridized carbons (Fsp3) is 0.382. The van der Waals surface area contributed by atoms with Gasteiger partial charge in [0.2, 0.25) is 0 Å². The van der Waals surface area contributed by atoms with E-state index in [1.54, 1.807) is 17.4 Å². The molecule has 4 N–H and O–H groups in total. The third-order valence-electron chi connectivity index (χ3n) is 8.87. The second-order valence-electron chi connectivity index (χ2n) is 11.8. The van der Waals surface area contributed by atoms with Crippen molar-refractivity contribution in [2.75, 3.05) is 57.3 Å². The van der Waals surface area contributed by atoms with E-state index < -0.39 is 0 Å². The zero-order valence-corrected chi connectivity index (χ0v) is 25.2. The summed E-state index contributed by atoms with van der Waals surface area (Å²) in [6, 6.07) is 19.5. The van der Waals surface area contributed by atoms with Gasteiger partial charge in [0.05, 0.1) is 32.7 Å². The minimum absolute atomic E-state index is 0.0209. The smallest absolute Gasteiger partial charge is 0.253 e. The van der Waals surface area contributed by atoms with Crippen molar-refractivity contribution in [3.63, 3.8) is 0 Å². The number of likely N-dealkylation sites (tertiary alicyclic amines) is 1. The summed E-state index contributed by atoms with van der Waals surface area (Å²) in [4.78, 5) is 17.8. The van der Waals surface area contributed by atoms with Crippen molar-refractivity contribution < 1.29 is 29.3 Å². The fourth-order valence-corrected chi connectivity index (χ4v) is 7.31. The van der Waals surface area contributed by atoms with E-state index >= 15 is 0 Å². The molecule has 7 rings (SSSR count). The van der Waals surface area contributed by atoms with Gasteiger partial charge < -0.3 is 29.9 Å². The van der Waals surface area contributed by atoms with Crippen LogP contribution in [0.1, 0.15) is 29.6 Å². The number of thiophene rings is 1. The van der Waals surface area contributed by atoms with Gasteiger partial charge >= 0.3 is 0 Å². The number of hydrogen-bond donors (Lipinski definition) is 2. The van der Waals surface area contributed by atoms with Crippen LogP contribution in [-0.4, -0.2) is 75.4 Å². The molecule has 3 aromatic carbocycles. The van der Waals surface area contributed by atoms with Crippen molar-refractivity contribution in [2.45, 2.75) is 31.5 Å². The standard InChI is InChI=1S/C34H37FN4O3S/c35-26-19-27(38-14-10-36-11-15-38)21-30(20-26)41-28-6-12-39(13-7-28)34(40)25-3-4-32(42-29-5-9-37-22-29)31(17-25)24-2-1-23-8-16-43-33(23)18-24/h1-4,8,16-21,28-29,36-37H,5-7,9-15,22H2/p+2/t29-/m0/s1. The number of piperidine rings is 1. The van der Waals surface area contributed by atoms with Crippen LogP contribution in [0, 0.1) is 5.82 Å². The number of halogens is 1. The first-order valence-corrected chi connectivity index (χ1v) is 16.4. The van der Waals surface area contributed by atoms with E-state index in [4.69, 9.17) is 9.47 Å². The Kier molecular flexibility index (Phi) is 8.19. The minimum atomic E-state index is -0.276. The predicted molar refractivity (Wildman–Crippen MR) is 168 cm³/mol. The fourth-order valence-electron chi connectivity index (χ4n) is 6.48. The van der Waals surface area contributed by atoms with E-state index in [0.29, 0.717) is 37.2 Å². The van der Waals surface area contributed by atoms with Crippen molar-refractivity contribution in [2.24, 2.45) is 0 Å². The zero-order valence-electron chi connectivity index (χ0n) is 24.3. The van der Waals surface area contributed by atoms with Gasteiger partial charge in [0.1, 0.15) is 30.0 Å². The molecule has 0 spiro atoms. The first-order valence-electron chi connectivity index (χ1n) is 15.5. The molecule has 3 fully saturated rings. The first-order chi connectivity index (χ1) is 21.1. The summed E-state index contributed by atoms with van der Waals surface area (Å²) in [5, 5.41) is 7.89. The van der Waals surface area contributed by atoms with Crippen LogP contribution in [-0.2, 0) is 0 Å². The minimum Gasteiger partial charge on any atom is -0.490 e. The van der Waals surface area contributed by atoms with Crippen molar-refractivity contribution in [3.8, 4) is 22.6 Å². The van der Waals surface area contributed by atoms with E-state index in [1.165, 1.54) is 16.2 Å². The van der Waals surface area contributed by atoms with Gasteiger partial charge in [-0.1, -0.05) is 12.1 Å². The molecule has 1 aromatic heterocycles. The Morgan fingerprint density at radius 2 is 1.70 bits per heavy atom. The number of rotatable bonds is 7. The van der Waals surface area contributed by atoms with Crippen LogP contribution in [0.25, 0.3) is 21.2 Å². The maximum Gasteiger partial charge on any atom is 0.253 e. The summed E-state index contributed by atoms with van der Waals surface area (Å²) in [6.07, 6.45) is 2.56. The first kappa shape index (κ1) is 28.1. The molecule has 4 heterocycles. The van der Waals surface area contributed by atoms with Crippen LogP contribution >= 0.6 is 11.3 Å². The van der Waals surface area contributed by atoms with Crippen LogP contribution in [0.5, 0.6) is 11.5 Å². The van der Waals surface area contributed by atoms with E-state index in [9.17, 15) is 9.18 Å². The lowest BCUT2D eigenvalue weighted by Crippen LogP contribution is -2.89. The maximum absolute atomic E-state index is 14.5. The largest absolute Gasteiger partial charge is 0.490 e. The van der Waals surface area contributed by atoms with Gasteiger partial charge in [-0.15, -0.1) is 11.3 Å². The number of fused-ring (bicyclic) bond motifs is 1. The van der Waals surface area contributed by atoms with Crippen LogP contribution in [0.3, 0.4) is 0 Å². The number of nitrogens with two attached hydrogens (primary N) is 2. The second-order valence-corrected chi connectivity index (χ2v) is 12.8. The lowest BCUT2D eigenvalue weighted by molar-refractivity contribution is -0.655. The quantitative estimate of drug-likeness (QED) is 0.340. The highest BCUT2D eigenvalue weighted by Gasteiger charge is 2.27. The number of benzene rings is 3. The number of quaternary nitrogens is 2. The summed E-state index contributed by atoms with van der Waals surface area (Å²) >= 11 is 1.72. The average Bonchev–Trinajstić information content (AvgIpc) is 3.73. The third-order valence-corrected chi connectivity index (χ3v) is 9.75. The van der Waals surface area contributed by atoms with E-state index in [1.807, 2.05) is 29.2 Å². The number of nitrogens with zero attached hydrogens (tertiary/aromatic N) is 2. The Hall–Kier alpha value is -3.66. The highest BCUT2D eigenvalue weighted by Crippen LogP contribution is 2.36. The third kappa shape index (κ3) is 6.34. The molecular formula is C34H39FN4O3S+2. The number of carbonyl (C=O) groups excluding carboxylic acids is 1. The Morgan fingerprint density at radius 3 is 2.51 bits per heavy atom. The van der Waals surface area contributed by atoms with Gasteiger partial charge in [-0.3, -0.25) is 4.79 Å². The number of piperazine rings is 1. The topological polar surface area (TPSA) is 75.2 Å². The Bertz CT molecular complexity index is 1590. The molecular weight excluding hydrogens is 563 g/mol. The van der Waals surface area contributed by atoms with Gasteiger partial charge in [-0.05, 0) is 52.7 Å². The molecule has 0 unspecified atom stereocenters. The highest BCUT2D eigenvalue weighted by atomic mass is 32.1. The number of carbonyl (C=O) groups is 1. The average molecular weight is 603 g/mol. The highest BCUT2D eigenvalue weighted by molar-refractivity contribution is 7.17. The van der Waals surface area contributed by atoms with E-state index in [-0.39, 0.29) is 23.9 Å². The molecule has 3 aliphatic heterocycles. The van der Waals surface area contributed by atoms with Gasteiger partial charge in [-0.25, -0.2) is 4.39 Å². The van der Waals surface area contributed by atoms with Crippen LogP contribution in [0.4, 0.5) is 10.1 Å². The Labute approximate surface area is 255 Å². The lowest BCUT2D eigenvalue weighted by Gasteiger charge is -2.33. The molecule has 0 aliphatic carbocycles. The van der Waals surface area contributed by atoms with Crippen LogP contribution < -0.4 is 25.0 Å². The van der Waals surface area contributed by atoms with Gasteiger partial charge in [0.15, 0.2) is 6.10 Å². The number of amides is 1. The normalized spacial score (nSPS) is 19.6. The summed E-state index contributed by atoms with van der Waals surface area (Å²) in [7, 11) is 0. The number of ether oxygens (including phenoxy) is 2. The molecule has 0 radical (unpaired) electrons. The van der Waals surface area contributed by atoms with E-state index in [0.717, 1.165) is 68.3 Å². The van der Waals surface area contributed by atoms with Crippen molar-refractivity contribution in [1.29, 1.82) is 0 Å². The lowest BCUT2D eigenvalue weighted by atomic mass is 9.99. The monoisotopic (exact) mass is 602 g/mol. The molecule has 3 saturated heterocycles. The molecule has 3 aliphatic rings. The molecule has 0 bridgehead atoms. The maximum atomic E-state index is 14.5. The molecule has 7 nitrogen and oxygen atoms in total.